The van der Waals surface area contributed by atoms with Gasteiger partial charge in [-0.3, -0.25) is 10.0 Å². The zero-order valence-corrected chi connectivity index (χ0v) is 15.2. The van der Waals surface area contributed by atoms with Crippen molar-refractivity contribution in [1.82, 2.24) is 10.5 Å². The fourth-order valence-electron chi connectivity index (χ4n) is 5.99. The van der Waals surface area contributed by atoms with Gasteiger partial charge in [0.05, 0.1) is 5.56 Å². The van der Waals surface area contributed by atoms with Crippen LogP contribution in [-0.4, -0.2) is 16.1 Å². The van der Waals surface area contributed by atoms with Gasteiger partial charge in [-0.1, -0.05) is 12.1 Å². The summed E-state index contributed by atoms with van der Waals surface area (Å²) in [6.07, 6.45) is 8.56. The highest BCUT2D eigenvalue weighted by Crippen LogP contribution is 2.59. The minimum absolute atomic E-state index is 0.280. The Bertz CT molecular complexity index is 804. The maximum absolute atomic E-state index is 11.3. The van der Waals surface area contributed by atoms with Gasteiger partial charge in [-0.15, -0.1) is 0 Å². The number of rotatable bonds is 4. The second kappa shape index (κ2) is 6.64. The zero-order chi connectivity index (χ0) is 18.4. The third-order valence-electron chi connectivity index (χ3n) is 6.81. The van der Waals surface area contributed by atoms with Gasteiger partial charge in [0.1, 0.15) is 5.75 Å². The van der Waals surface area contributed by atoms with Gasteiger partial charge >= 0.3 is 0 Å². The second-order valence-electron chi connectivity index (χ2n) is 8.45. The van der Waals surface area contributed by atoms with Crippen LogP contribution in [0.3, 0.4) is 0 Å². The Labute approximate surface area is 158 Å². The quantitative estimate of drug-likeness (QED) is 0.617. The topological polar surface area (TPSA) is 71.5 Å². The number of hydrogen-bond donors (Lipinski definition) is 2. The number of ether oxygens (including phenoxy) is 1. The lowest BCUT2D eigenvalue weighted by atomic mass is 9.51. The van der Waals surface area contributed by atoms with Crippen molar-refractivity contribution in [3.05, 3.63) is 53.7 Å². The molecule has 27 heavy (non-hydrogen) atoms. The van der Waals surface area contributed by atoms with Crippen molar-refractivity contribution in [3.8, 4) is 11.6 Å². The Morgan fingerprint density at radius 2 is 1.63 bits per heavy atom. The van der Waals surface area contributed by atoms with Crippen molar-refractivity contribution >= 4 is 5.91 Å². The number of aromatic nitrogens is 1. The number of carbonyl (C=O) groups is 1. The van der Waals surface area contributed by atoms with E-state index in [0.29, 0.717) is 5.88 Å². The molecule has 0 unspecified atom stereocenters. The summed E-state index contributed by atoms with van der Waals surface area (Å²) in [6, 6.07) is 11.7. The van der Waals surface area contributed by atoms with E-state index in [1.165, 1.54) is 43.9 Å². The molecular weight excluding hydrogens is 340 g/mol. The number of hydroxylamine groups is 1. The lowest BCUT2D eigenvalue weighted by Gasteiger charge is -2.54. The monoisotopic (exact) mass is 364 g/mol. The van der Waals surface area contributed by atoms with E-state index >= 15 is 0 Å². The minimum Gasteiger partial charge on any atom is -0.439 e. The molecule has 1 aromatic carbocycles. The number of hydrogen-bond acceptors (Lipinski definition) is 4. The van der Waals surface area contributed by atoms with E-state index in [1.54, 1.807) is 17.6 Å². The average molecular weight is 364 g/mol. The van der Waals surface area contributed by atoms with Crippen LogP contribution >= 0.6 is 0 Å². The summed E-state index contributed by atoms with van der Waals surface area (Å²) in [5.41, 5.74) is 3.33. The molecule has 4 bridgehead atoms. The zero-order valence-electron chi connectivity index (χ0n) is 15.2. The van der Waals surface area contributed by atoms with Gasteiger partial charge in [-0.05, 0) is 85.5 Å². The van der Waals surface area contributed by atoms with Crippen molar-refractivity contribution in [3.63, 3.8) is 0 Å². The van der Waals surface area contributed by atoms with Gasteiger partial charge in [0.25, 0.3) is 5.91 Å². The summed E-state index contributed by atoms with van der Waals surface area (Å²) in [5, 5.41) is 8.64. The Morgan fingerprint density at radius 1 is 0.963 bits per heavy atom. The van der Waals surface area contributed by atoms with Crippen LogP contribution in [0.5, 0.6) is 11.6 Å². The van der Waals surface area contributed by atoms with Crippen molar-refractivity contribution in [2.24, 2.45) is 23.7 Å². The number of pyridine rings is 1. The van der Waals surface area contributed by atoms with Crippen molar-refractivity contribution < 1.29 is 14.7 Å². The molecule has 4 aliphatic carbocycles. The highest BCUT2D eigenvalue weighted by atomic mass is 16.5. The van der Waals surface area contributed by atoms with Crippen LogP contribution in [0.1, 0.15) is 53.9 Å². The number of nitrogens with one attached hydrogen (secondary N) is 1. The Kier molecular flexibility index (Phi) is 4.12. The molecule has 2 aromatic rings. The van der Waals surface area contributed by atoms with Gasteiger partial charge in [0, 0.05) is 12.3 Å². The molecule has 4 saturated carbocycles. The molecule has 4 aliphatic rings. The van der Waals surface area contributed by atoms with E-state index in [1.807, 2.05) is 12.1 Å². The van der Waals surface area contributed by atoms with E-state index < -0.39 is 5.91 Å². The molecule has 0 aliphatic heterocycles. The number of nitrogens with zero attached hydrogens (tertiary/aromatic N) is 1. The smallest absolute Gasteiger partial charge is 0.276 e. The van der Waals surface area contributed by atoms with Crippen LogP contribution < -0.4 is 10.2 Å². The molecule has 0 saturated heterocycles. The molecule has 140 valence electrons. The van der Waals surface area contributed by atoms with Crippen molar-refractivity contribution in [1.29, 1.82) is 0 Å². The fraction of sp³-hybridized carbons (Fsp3) is 0.455. The molecule has 2 N–H and O–H groups in total. The first-order valence-electron chi connectivity index (χ1n) is 9.88. The summed E-state index contributed by atoms with van der Waals surface area (Å²) < 4.78 is 5.80. The molecule has 1 amide bonds. The summed E-state index contributed by atoms with van der Waals surface area (Å²) in [5.74, 6) is 5.04. The van der Waals surface area contributed by atoms with Crippen LogP contribution in [0.2, 0.25) is 0 Å². The molecular formula is C22H24N2O3. The first kappa shape index (κ1) is 16.8. The average Bonchev–Trinajstić information content (AvgIpc) is 2.68. The lowest BCUT2D eigenvalue weighted by molar-refractivity contribution is -0.00279. The van der Waals surface area contributed by atoms with Gasteiger partial charge in [0.15, 0.2) is 0 Å². The third kappa shape index (κ3) is 3.10. The van der Waals surface area contributed by atoms with Gasteiger partial charge in [0.2, 0.25) is 5.88 Å². The molecule has 5 nitrogen and oxygen atoms in total. The lowest BCUT2D eigenvalue weighted by Crippen LogP contribution is -2.43. The van der Waals surface area contributed by atoms with Crippen molar-refractivity contribution in [2.75, 3.05) is 0 Å². The Morgan fingerprint density at radius 3 is 2.19 bits per heavy atom. The standard InChI is InChI=1S/C22H24N2O3/c25-22(24-26)16-3-6-20(23-12-16)27-19-4-1-15(2-5-19)21-17-8-13-7-14(10-17)11-18(21)9-13/h1-6,12-14,17-18,21,26H,7-11H2,(H,24,25)/t13-,14+,17-,18+,21?. The molecule has 1 aromatic heterocycles. The summed E-state index contributed by atoms with van der Waals surface area (Å²) >= 11 is 0. The van der Waals surface area contributed by atoms with Crippen LogP contribution in [0.25, 0.3) is 0 Å². The maximum Gasteiger partial charge on any atom is 0.276 e. The largest absolute Gasteiger partial charge is 0.439 e. The Balaban J connectivity index is 1.29. The maximum atomic E-state index is 11.3. The fourth-order valence-corrected chi connectivity index (χ4v) is 5.99. The van der Waals surface area contributed by atoms with E-state index in [-0.39, 0.29) is 5.56 Å². The summed E-state index contributed by atoms with van der Waals surface area (Å²) in [4.78, 5) is 15.5. The van der Waals surface area contributed by atoms with E-state index in [9.17, 15) is 4.79 Å². The number of benzene rings is 1. The van der Waals surface area contributed by atoms with Crippen LogP contribution in [-0.2, 0) is 0 Å². The summed E-state index contributed by atoms with van der Waals surface area (Å²) in [6.45, 7) is 0. The highest BCUT2D eigenvalue weighted by Gasteiger charge is 2.48. The predicted octanol–water partition coefficient (Wildman–Crippen LogP) is 4.53. The SMILES string of the molecule is O=C(NO)c1ccc(Oc2ccc(C3[C@H]4C[C@@H]5C[C@@H](C[C@H]3C5)C4)cc2)nc1. The Hall–Kier alpha value is -2.40. The van der Waals surface area contributed by atoms with Crippen LogP contribution in [0.4, 0.5) is 0 Å². The molecule has 1 heterocycles. The molecule has 6 rings (SSSR count). The van der Waals surface area contributed by atoms with E-state index in [0.717, 1.165) is 35.3 Å². The molecule has 4 fully saturated rings. The molecule has 0 atom stereocenters. The molecule has 0 spiro atoms. The molecule has 5 heteroatoms. The molecule has 0 radical (unpaired) electrons. The van der Waals surface area contributed by atoms with Crippen molar-refractivity contribution in [2.45, 2.75) is 38.0 Å². The second-order valence-corrected chi connectivity index (χ2v) is 8.45. The van der Waals surface area contributed by atoms with Crippen LogP contribution in [0.15, 0.2) is 42.6 Å². The predicted molar refractivity (Wildman–Crippen MR) is 99.8 cm³/mol. The summed E-state index contributed by atoms with van der Waals surface area (Å²) in [7, 11) is 0. The third-order valence-corrected chi connectivity index (χ3v) is 6.81. The van der Waals surface area contributed by atoms with Gasteiger partial charge in [-0.2, -0.15) is 0 Å². The minimum atomic E-state index is -0.589. The first-order valence-corrected chi connectivity index (χ1v) is 9.88. The number of carbonyl (C=O) groups excluding carboxylic acids is 1. The van der Waals surface area contributed by atoms with Crippen LogP contribution in [0, 0.1) is 23.7 Å². The first-order chi connectivity index (χ1) is 13.2. The van der Waals surface area contributed by atoms with Gasteiger partial charge in [-0.25, -0.2) is 10.5 Å². The van der Waals surface area contributed by atoms with E-state index in [2.05, 4.69) is 17.1 Å². The normalized spacial score (nSPS) is 30.9. The number of amides is 1. The van der Waals surface area contributed by atoms with E-state index in [4.69, 9.17) is 9.94 Å². The highest BCUT2D eigenvalue weighted by molar-refractivity contribution is 5.92. The van der Waals surface area contributed by atoms with Gasteiger partial charge < -0.3 is 4.74 Å².